The van der Waals surface area contributed by atoms with Crippen LogP contribution in [0.3, 0.4) is 0 Å². The molecule has 0 spiro atoms. The molecule has 1 fully saturated rings. The molecule has 0 aliphatic carbocycles. The molecular weight excluding hydrogens is 431 g/mol. The third-order valence-corrected chi connectivity index (χ3v) is 6.79. The van der Waals surface area contributed by atoms with Crippen molar-refractivity contribution in [3.63, 3.8) is 0 Å². The molecule has 3 aliphatic heterocycles. The average molecular weight is 459 g/mol. The Hall–Kier alpha value is -0.910. The number of nitrogens with zero attached hydrogens (tertiary/aromatic N) is 2. The monoisotopic (exact) mass is 458 g/mol. The Balaban J connectivity index is 0.000000411. The molecule has 0 saturated carbocycles. The van der Waals surface area contributed by atoms with Crippen LogP contribution in [0.15, 0.2) is 24.3 Å². The van der Waals surface area contributed by atoms with Gasteiger partial charge in [0.25, 0.3) is 0 Å². The fraction of sp³-hybridized carbons (Fsp3) is 0.524. The number of hydrogen-bond acceptors (Lipinski definition) is 6. The summed E-state index contributed by atoms with van der Waals surface area (Å²) in [5.41, 5.74) is 5.31. The van der Waals surface area contributed by atoms with Crippen LogP contribution in [0.5, 0.6) is 5.75 Å². The summed E-state index contributed by atoms with van der Waals surface area (Å²) >= 11 is 0. The van der Waals surface area contributed by atoms with E-state index in [0.717, 1.165) is 30.8 Å². The Bertz CT molecular complexity index is 1100. The van der Waals surface area contributed by atoms with Gasteiger partial charge in [-0.25, -0.2) is 8.42 Å². The fourth-order valence-corrected chi connectivity index (χ4v) is 5.66. The average Bonchev–Trinajstić information content (AvgIpc) is 3.05. The van der Waals surface area contributed by atoms with Crippen LogP contribution in [0.4, 0.5) is 0 Å². The van der Waals surface area contributed by atoms with E-state index in [1.165, 1.54) is 41.5 Å². The van der Waals surface area contributed by atoms with Crippen LogP contribution < -0.4 is 34.3 Å². The summed E-state index contributed by atoms with van der Waals surface area (Å²) in [6.45, 7) is 4.73. The van der Waals surface area contributed by atoms with Crippen LogP contribution in [-0.4, -0.2) is 58.9 Å². The van der Waals surface area contributed by atoms with E-state index in [2.05, 4.69) is 40.7 Å². The van der Waals surface area contributed by atoms with Crippen molar-refractivity contribution in [2.75, 3.05) is 26.8 Å². The van der Waals surface area contributed by atoms with E-state index < -0.39 is 10.4 Å². The van der Waals surface area contributed by atoms with Crippen molar-refractivity contribution in [1.82, 2.24) is 9.47 Å². The maximum absolute atomic E-state index is 10.2. The predicted molar refractivity (Wildman–Crippen MR) is 112 cm³/mol. The first-order chi connectivity index (χ1) is 14.2. The summed E-state index contributed by atoms with van der Waals surface area (Å²) < 4.78 is 40.6. The van der Waals surface area contributed by atoms with E-state index >= 15 is 0 Å². The molecule has 2 atom stereocenters. The molecule has 8 nitrogen and oxygen atoms in total. The minimum atomic E-state index is -4.92. The summed E-state index contributed by atoms with van der Waals surface area (Å²) in [5.74, 6) is 0.878. The van der Waals surface area contributed by atoms with Gasteiger partial charge in [0.15, 0.2) is 0 Å². The van der Waals surface area contributed by atoms with Crippen LogP contribution in [0.1, 0.15) is 43.5 Å². The summed E-state index contributed by atoms with van der Waals surface area (Å²) in [7, 11) is -3.20. The number of piperidine rings is 1. The van der Waals surface area contributed by atoms with E-state index in [1.807, 2.05) is 0 Å². The maximum Gasteiger partial charge on any atom is 1.00 e. The standard InChI is InChI=1S/C21H26N2O2.Na.H2O4S/c1-3-21-8-4-9-22-10-7-17-16-6-5-15(25-2)11-18(16)23(14(12-21)13-24)19(17)20(21)22;;1-5(2,3)4/h5-6,11-12,20,24H,3-4,7-10,13H2,1-2H3;;(H2,1,2,3,4)/q;+1;/p-1/t20-,21+;;/m1../s1. The first-order valence-electron chi connectivity index (χ1n) is 10.2. The second kappa shape index (κ2) is 9.15. The van der Waals surface area contributed by atoms with Gasteiger partial charge in [0.1, 0.15) is 5.75 Å². The zero-order valence-electron chi connectivity index (χ0n) is 18.2. The number of aromatic nitrogens is 1. The molecule has 1 aromatic carbocycles. The summed E-state index contributed by atoms with van der Waals surface area (Å²) in [4.78, 5) is 2.69. The Morgan fingerprint density at radius 2 is 2.03 bits per heavy atom. The van der Waals surface area contributed by atoms with Gasteiger partial charge in [-0.2, -0.15) is 0 Å². The van der Waals surface area contributed by atoms with Crippen LogP contribution >= 0.6 is 0 Å². The Morgan fingerprint density at radius 1 is 1.32 bits per heavy atom. The first kappa shape index (κ1) is 24.7. The molecule has 1 aromatic heterocycles. The number of benzene rings is 1. The quantitative estimate of drug-likeness (QED) is 0.365. The molecule has 0 unspecified atom stereocenters. The zero-order valence-corrected chi connectivity index (χ0v) is 21.0. The van der Waals surface area contributed by atoms with Crippen molar-refractivity contribution in [3.05, 3.63) is 35.5 Å². The van der Waals surface area contributed by atoms with Crippen LogP contribution in [-0.2, 0) is 16.8 Å². The van der Waals surface area contributed by atoms with E-state index in [9.17, 15) is 5.11 Å². The second-order valence-corrected chi connectivity index (χ2v) is 9.04. The van der Waals surface area contributed by atoms with Gasteiger partial charge in [-0.15, -0.1) is 0 Å². The van der Waals surface area contributed by atoms with Crippen molar-refractivity contribution >= 4 is 27.0 Å². The number of hydrogen-bond donors (Lipinski definition) is 2. The molecule has 0 bridgehead atoms. The van der Waals surface area contributed by atoms with Crippen molar-refractivity contribution in [1.29, 1.82) is 0 Å². The minimum absolute atomic E-state index is 0. The van der Waals surface area contributed by atoms with E-state index in [0.29, 0.717) is 6.04 Å². The number of aliphatic hydroxyl groups is 1. The van der Waals surface area contributed by atoms with Gasteiger partial charge in [0.05, 0.1) is 25.3 Å². The Morgan fingerprint density at radius 3 is 2.65 bits per heavy atom. The Kier molecular flexibility index (Phi) is 7.30. The van der Waals surface area contributed by atoms with Crippen LogP contribution in [0.25, 0.3) is 16.6 Å². The summed E-state index contributed by atoms with van der Waals surface area (Å²) in [5, 5.41) is 11.5. The molecular formula is C21H27N2NaO6S. The van der Waals surface area contributed by atoms with Gasteiger partial charge in [-0.3, -0.25) is 9.45 Å². The number of rotatable bonds is 3. The van der Waals surface area contributed by atoms with Crippen LogP contribution in [0.2, 0.25) is 0 Å². The fourth-order valence-electron chi connectivity index (χ4n) is 5.66. The number of fused-ring (bicyclic) bond motifs is 3. The smallest absolute Gasteiger partial charge is 0.726 e. The SMILES string of the molecule is CC[C@@]12C=C(CO)n3c4c(c5ccc(OC)cc53)CCN(CCC1)[C@H]42.O=S(=O)([O-])O.[Na+]. The van der Waals surface area contributed by atoms with E-state index in [1.54, 1.807) is 7.11 Å². The first-order valence-corrected chi connectivity index (χ1v) is 11.6. The van der Waals surface area contributed by atoms with E-state index in [-0.39, 0.29) is 41.6 Å². The second-order valence-electron chi connectivity index (χ2n) is 8.18. The predicted octanol–water partition coefficient (Wildman–Crippen LogP) is -0.405. The molecule has 0 amide bonds. The largest absolute Gasteiger partial charge is 1.00 e. The van der Waals surface area contributed by atoms with Gasteiger partial charge < -0.3 is 19.0 Å². The van der Waals surface area contributed by atoms with E-state index in [4.69, 9.17) is 22.3 Å². The van der Waals surface area contributed by atoms with Crippen LogP contribution in [0, 0.1) is 5.41 Å². The van der Waals surface area contributed by atoms with Gasteiger partial charge in [-0.05, 0) is 49.9 Å². The zero-order chi connectivity index (χ0) is 21.7. The van der Waals surface area contributed by atoms with Gasteiger partial charge >= 0.3 is 29.6 Å². The van der Waals surface area contributed by atoms with Crippen molar-refractivity contribution < 1.29 is 56.9 Å². The molecule has 2 aromatic rings. The topological polar surface area (TPSA) is 115 Å². The molecule has 1 saturated heterocycles. The van der Waals surface area contributed by atoms with Gasteiger partial charge in [0.2, 0.25) is 10.4 Å². The third-order valence-electron chi connectivity index (χ3n) is 6.79. The van der Waals surface area contributed by atoms with Crippen molar-refractivity contribution in [3.8, 4) is 5.75 Å². The number of methoxy groups -OCH3 is 1. The molecule has 4 heterocycles. The molecule has 31 heavy (non-hydrogen) atoms. The molecule has 3 aliphatic rings. The molecule has 10 heteroatoms. The molecule has 164 valence electrons. The van der Waals surface area contributed by atoms with Crippen molar-refractivity contribution in [2.45, 2.75) is 38.6 Å². The summed E-state index contributed by atoms with van der Waals surface area (Å²) in [6.07, 6.45) is 7.09. The van der Waals surface area contributed by atoms with Crippen molar-refractivity contribution in [2.24, 2.45) is 5.41 Å². The summed E-state index contributed by atoms with van der Waals surface area (Å²) in [6, 6.07) is 6.84. The van der Waals surface area contributed by atoms with Gasteiger partial charge in [-0.1, -0.05) is 13.0 Å². The molecule has 5 rings (SSSR count). The molecule has 0 radical (unpaired) electrons. The maximum atomic E-state index is 10.2. The number of aliphatic hydroxyl groups excluding tert-OH is 1. The number of ether oxygens (including phenoxy) is 1. The normalized spacial score (nSPS) is 24.4. The minimum Gasteiger partial charge on any atom is -0.726 e. The van der Waals surface area contributed by atoms with Gasteiger partial charge in [0, 0.05) is 34.8 Å². The molecule has 2 N–H and O–H groups in total. The third kappa shape index (κ3) is 4.35. The Labute approximate surface area is 204 Å².